The van der Waals surface area contributed by atoms with Crippen molar-refractivity contribution in [3.63, 3.8) is 0 Å². The highest BCUT2D eigenvalue weighted by Crippen LogP contribution is 2.34. The van der Waals surface area contributed by atoms with Gasteiger partial charge in [-0.05, 0) is 30.2 Å². The van der Waals surface area contributed by atoms with Crippen LogP contribution >= 0.6 is 39.5 Å². The molecule has 1 aromatic carbocycles. The molecule has 1 aliphatic rings. The van der Waals surface area contributed by atoms with Gasteiger partial charge in [-0.15, -0.1) is 0 Å². The standard InChI is InChI=1S/C14H20BrNOS2/c1-9-14(19-6-5-18-9)13(16)8-10-7-11(17-2)3-4-12(10)15/h3-4,7,9,13-14H,5-6,8,16H2,1-2H3. The molecule has 2 N–H and O–H groups in total. The van der Waals surface area contributed by atoms with Gasteiger partial charge in [-0.3, -0.25) is 0 Å². The van der Waals surface area contributed by atoms with E-state index in [-0.39, 0.29) is 6.04 Å². The van der Waals surface area contributed by atoms with Crippen LogP contribution < -0.4 is 10.5 Å². The summed E-state index contributed by atoms with van der Waals surface area (Å²) in [7, 11) is 1.70. The van der Waals surface area contributed by atoms with Crippen molar-refractivity contribution >= 4 is 39.5 Å². The Kier molecular flexibility index (Phi) is 5.93. The topological polar surface area (TPSA) is 35.2 Å². The van der Waals surface area contributed by atoms with Crippen molar-refractivity contribution in [2.24, 2.45) is 5.73 Å². The molecule has 0 aliphatic carbocycles. The quantitative estimate of drug-likeness (QED) is 0.888. The van der Waals surface area contributed by atoms with Crippen molar-refractivity contribution < 1.29 is 4.74 Å². The van der Waals surface area contributed by atoms with Crippen LogP contribution in [0.3, 0.4) is 0 Å². The molecule has 0 spiro atoms. The fraction of sp³-hybridized carbons (Fsp3) is 0.571. The monoisotopic (exact) mass is 361 g/mol. The summed E-state index contributed by atoms with van der Waals surface area (Å²) < 4.78 is 6.40. The Morgan fingerprint density at radius 3 is 2.84 bits per heavy atom. The number of thioether (sulfide) groups is 2. The normalized spacial score (nSPS) is 25.1. The van der Waals surface area contributed by atoms with E-state index in [9.17, 15) is 0 Å². The van der Waals surface area contributed by atoms with Crippen LogP contribution in [0.4, 0.5) is 0 Å². The number of ether oxygens (including phenoxy) is 1. The molecule has 1 heterocycles. The smallest absolute Gasteiger partial charge is 0.119 e. The number of nitrogens with two attached hydrogens (primary N) is 1. The van der Waals surface area contributed by atoms with Crippen LogP contribution in [0.25, 0.3) is 0 Å². The lowest BCUT2D eigenvalue weighted by Crippen LogP contribution is -2.42. The van der Waals surface area contributed by atoms with Gasteiger partial charge in [-0.2, -0.15) is 23.5 Å². The van der Waals surface area contributed by atoms with E-state index < -0.39 is 0 Å². The van der Waals surface area contributed by atoms with Crippen LogP contribution in [0.2, 0.25) is 0 Å². The molecule has 5 heteroatoms. The number of hydrogen-bond acceptors (Lipinski definition) is 4. The highest BCUT2D eigenvalue weighted by atomic mass is 79.9. The summed E-state index contributed by atoms with van der Waals surface area (Å²) in [5, 5.41) is 1.18. The zero-order valence-corrected chi connectivity index (χ0v) is 14.5. The molecular formula is C14H20BrNOS2. The van der Waals surface area contributed by atoms with Crippen LogP contribution in [-0.4, -0.2) is 35.2 Å². The molecule has 1 aromatic rings. The Labute approximate surface area is 132 Å². The largest absolute Gasteiger partial charge is 0.497 e. The van der Waals surface area contributed by atoms with E-state index in [0.29, 0.717) is 10.5 Å². The summed E-state index contributed by atoms with van der Waals surface area (Å²) in [6.45, 7) is 2.29. The van der Waals surface area contributed by atoms with E-state index >= 15 is 0 Å². The van der Waals surface area contributed by atoms with Gasteiger partial charge in [0.1, 0.15) is 5.75 Å². The van der Waals surface area contributed by atoms with E-state index in [4.69, 9.17) is 10.5 Å². The molecule has 0 amide bonds. The summed E-state index contributed by atoms with van der Waals surface area (Å²) in [4.78, 5) is 0. The molecule has 106 valence electrons. The van der Waals surface area contributed by atoms with Gasteiger partial charge in [0.2, 0.25) is 0 Å². The Bertz CT molecular complexity index is 430. The third-order valence-electron chi connectivity index (χ3n) is 3.37. The van der Waals surface area contributed by atoms with Crippen molar-refractivity contribution in [1.29, 1.82) is 0 Å². The Morgan fingerprint density at radius 2 is 2.16 bits per heavy atom. The van der Waals surface area contributed by atoms with Gasteiger partial charge < -0.3 is 10.5 Å². The molecular weight excluding hydrogens is 342 g/mol. The van der Waals surface area contributed by atoms with Gasteiger partial charge >= 0.3 is 0 Å². The Morgan fingerprint density at radius 1 is 1.42 bits per heavy atom. The van der Waals surface area contributed by atoms with Crippen molar-refractivity contribution in [3.05, 3.63) is 28.2 Å². The van der Waals surface area contributed by atoms with E-state index in [1.807, 2.05) is 35.7 Å². The predicted octanol–water partition coefficient (Wildman–Crippen LogP) is 3.56. The van der Waals surface area contributed by atoms with Crippen LogP contribution in [-0.2, 0) is 6.42 Å². The lowest BCUT2D eigenvalue weighted by Gasteiger charge is -2.32. The molecule has 3 unspecified atom stereocenters. The summed E-state index contributed by atoms with van der Waals surface area (Å²) in [6.07, 6.45) is 0.889. The first-order chi connectivity index (χ1) is 9.11. The third kappa shape index (κ3) is 4.06. The van der Waals surface area contributed by atoms with Gasteiger partial charge in [0.15, 0.2) is 0 Å². The average Bonchev–Trinajstić information content (AvgIpc) is 2.41. The van der Waals surface area contributed by atoms with E-state index in [2.05, 4.69) is 28.9 Å². The fourth-order valence-corrected chi connectivity index (χ4v) is 5.62. The maximum absolute atomic E-state index is 6.44. The third-order valence-corrected chi connectivity index (χ3v) is 7.41. The molecule has 0 saturated carbocycles. The van der Waals surface area contributed by atoms with Crippen molar-refractivity contribution in [2.75, 3.05) is 18.6 Å². The van der Waals surface area contributed by atoms with E-state index in [1.54, 1.807) is 7.11 Å². The lowest BCUT2D eigenvalue weighted by molar-refractivity contribution is 0.414. The van der Waals surface area contributed by atoms with Crippen LogP contribution in [0.15, 0.2) is 22.7 Å². The maximum atomic E-state index is 6.44. The first kappa shape index (κ1) is 15.5. The van der Waals surface area contributed by atoms with Gasteiger partial charge in [0.25, 0.3) is 0 Å². The van der Waals surface area contributed by atoms with Gasteiger partial charge in [0, 0.05) is 32.5 Å². The number of methoxy groups -OCH3 is 1. The van der Waals surface area contributed by atoms with Crippen molar-refractivity contribution in [3.8, 4) is 5.75 Å². The minimum Gasteiger partial charge on any atom is -0.497 e. The zero-order valence-electron chi connectivity index (χ0n) is 11.3. The molecule has 1 aliphatic heterocycles. The lowest BCUT2D eigenvalue weighted by atomic mass is 10.0. The number of hydrogen-bond donors (Lipinski definition) is 1. The predicted molar refractivity (Wildman–Crippen MR) is 90.5 cm³/mol. The molecule has 0 radical (unpaired) electrons. The van der Waals surface area contributed by atoms with Crippen LogP contribution in [0.5, 0.6) is 5.75 Å². The number of rotatable bonds is 4. The van der Waals surface area contributed by atoms with Crippen LogP contribution in [0, 0.1) is 0 Å². The molecule has 1 fully saturated rings. The van der Waals surface area contributed by atoms with Crippen molar-refractivity contribution in [2.45, 2.75) is 29.9 Å². The first-order valence-electron chi connectivity index (χ1n) is 6.43. The molecule has 1 saturated heterocycles. The summed E-state index contributed by atoms with van der Waals surface area (Å²) in [5.74, 6) is 3.36. The SMILES string of the molecule is COc1ccc(Br)c(CC(N)C2SCCSC2C)c1. The molecule has 2 nitrogen and oxygen atoms in total. The van der Waals surface area contributed by atoms with E-state index in [0.717, 1.165) is 16.6 Å². The number of benzene rings is 1. The molecule has 19 heavy (non-hydrogen) atoms. The Hall–Kier alpha value is 0.160. The van der Waals surface area contributed by atoms with Gasteiger partial charge in [0.05, 0.1) is 7.11 Å². The van der Waals surface area contributed by atoms with E-state index in [1.165, 1.54) is 17.1 Å². The van der Waals surface area contributed by atoms with Crippen molar-refractivity contribution in [1.82, 2.24) is 0 Å². The number of halogens is 1. The summed E-state index contributed by atoms with van der Waals surface area (Å²) in [5.41, 5.74) is 7.67. The minimum atomic E-state index is 0.191. The molecule has 2 rings (SSSR count). The second kappa shape index (κ2) is 7.25. The summed E-state index contributed by atoms with van der Waals surface area (Å²) >= 11 is 7.67. The molecule has 0 aromatic heterocycles. The molecule has 0 bridgehead atoms. The zero-order chi connectivity index (χ0) is 13.8. The fourth-order valence-electron chi connectivity index (χ4n) is 2.32. The molecule has 3 atom stereocenters. The van der Waals surface area contributed by atoms with Crippen LogP contribution in [0.1, 0.15) is 12.5 Å². The van der Waals surface area contributed by atoms with Gasteiger partial charge in [-0.1, -0.05) is 22.9 Å². The van der Waals surface area contributed by atoms with Gasteiger partial charge in [-0.25, -0.2) is 0 Å². The highest BCUT2D eigenvalue weighted by Gasteiger charge is 2.28. The maximum Gasteiger partial charge on any atom is 0.119 e. The summed E-state index contributed by atoms with van der Waals surface area (Å²) in [6, 6.07) is 6.27. The minimum absolute atomic E-state index is 0.191. The highest BCUT2D eigenvalue weighted by molar-refractivity contribution is 9.10. The Balaban J connectivity index is 2.07. The second-order valence-electron chi connectivity index (χ2n) is 4.74. The second-order valence-corrected chi connectivity index (χ2v) is 8.36. The average molecular weight is 362 g/mol. The first-order valence-corrected chi connectivity index (χ1v) is 9.32.